The Morgan fingerprint density at radius 2 is 2.04 bits per heavy atom. The first-order valence-electron chi connectivity index (χ1n) is 6.90. The van der Waals surface area contributed by atoms with Crippen molar-refractivity contribution in [1.29, 1.82) is 0 Å². The topological polar surface area (TPSA) is 66.7 Å². The Balaban J connectivity index is 2.17. The van der Waals surface area contributed by atoms with Gasteiger partial charge in [-0.3, -0.25) is 5.43 Å². The second-order valence-corrected chi connectivity index (χ2v) is 6.26. The number of nitrogens with one attached hydrogen (secondary N) is 1. The van der Waals surface area contributed by atoms with E-state index in [4.69, 9.17) is 4.74 Å². The molecule has 0 fully saturated rings. The SMILES string of the molecule is CCOc1cc(/C=N\Nc2ccc(C(F)(F)F)cn2)c(Br)c(Br)c1O. The molecule has 0 aliphatic heterocycles. The Morgan fingerprint density at radius 1 is 1.32 bits per heavy atom. The molecule has 1 aromatic carbocycles. The van der Waals surface area contributed by atoms with Crippen LogP contribution < -0.4 is 10.2 Å². The molecule has 1 heterocycles. The molecular formula is C15H12Br2F3N3O2. The maximum Gasteiger partial charge on any atom is 0.417 e. The van der Waals surface area contributed by atoms with E-state index in [-0.39, 0.29) is 17.3 Å². The van der Waals surface area contributed by atoms with E-state index in [1.54, 1.807) is 13.0 Å². The summed E-state index contributed by atoms with van der Waals surface area (Å²) in [5.74, 6) is 0.373. The largest absolute Gasteiger partial charge is 0.503 e. The molecule has 2 N–H and O–H groups in total. The number of aromatic nitrogens is 1. The number of hydrogen-bond acceptors (Lipinski definition) is 5. The summed E-state index contributed by atoms with van der Waals surface area (Å²) < 4.78 is 43.7. The van der Waals surface area contributed by atoms with Crippen LogP contribution in [0.3, 0.4) is 0 Å². The number of hydrazone groups is 1. The van der Waals surface area contributed by atoms with Gasteiger partial charge in [-0.15, -0.1) is 0 Å². The maximum atomic E-state index is 12.5. The molecule has 2 aromatic rings. The van der Waals surface area contributed by atoms with Crippen LogP contribution in [-0.2, 0) is 6.18 Å². The number of phenolic OH excluding ortho intramolecular Hbond substituents is 1. The van der Waals surface area contributed by atoms with Gasteiger partial charge in [0.15, 0.2) is 11.5 Å². The summed E-state index contributed by atoms with van der Waals surface area (Å²) in [5, 5.41) is 13.9. The number of rotatable bonds is 5. The molecule has 0 unspecified atom stereocenters. The molecule has 134 valence electrons. The Hall–Kier alpha value is -1.81. The van der Waals surface area contributed by atoms with Crippen LogP contribution in [0, 0.1) is 0 Å². The summed E-state index contributed by atoms with van der Waals surface area (Å²) in [6.45, 7) is 2.15. The van der Waals surface area contributed by atoms with Crippen LogP contribution in [0.5, 0.6) is 11.5 Å². The molecule has 0 spiro atoms. The normalized spacial score (nSPS) is 11.8. The summed E-state index contributed by atoms with van der Waals surface area (Å²) in [6.07, 6.45) is -2.30. The Kier molecular flexibility index (Phi) is 6.28. The van der Waals surface area contributed by atoms with Gasteiger partial charge < -0.3 is 9.84 Å². The summed E-state index contributed by atoms with van der Waals surface area (Å²) in [6, 6.07) is 3.65. The highest BCUT2D eigenvalue weighted by atomic mass is 79.9. The third-order valence-electron chi connectivity index (χ3n) is 2.95. The quantitative estimate of drug-likeness (QED) is 0.455. The van der Waals surface area contributed by atoms with E-state index in [1.807, 2.05) is 0 Å². The molecule has 2 rings (SSSR count). The van der Waals surface area contributed by atoms with Crippen molar-refractivity contribution >= 4 is 43.9 Å². The minimum Gasteiger partial charge on any atom is -0.503 e. The second-order valence-electron chi connectivity index (χ2n) is 4.67. The smallest absolute Gasteiger partial charge is 0.417 e. The summed E-state index contributed by atoms with van der Waals surface area (Å²) in [5.41, 5.74) is 2.27. The van der Waals surface area contributed by atoms with Gasteiger partial charge in [0.1, 0.15) is 5.82 Å². The zero-order valence-electron chi connectivity index (χ0n) is 12.7. The zero-order chi connectivity index (χ0) is 18.6. The summed E-state index contributed by atoms with van der Waals surface area (Å²) >= 11 is 6.55. The van der Waals surface area contributed by atoms with Crippen LogP contribution in [0.4, 0.5) is 19.0 Å². The fourth-order valence-corrected chi connectivity index (χ4v) is 2.60. The number of alkyl halides is 3. The molecule has 0 bridgehead atoms. The number of ether oxygens (including phenoxy) is 1. The van der Waals surface area contributed by atoms with E-state index in [2.05, 4.69) is 47.4 Å². The number of hydrogen-bond donors (Lipinski definition) is 2. The van der Waals surface area contributed by atoms with Crippen LogP contribution in [0.15, 0.2) is 38.4 Å². The molecule has 0 saturated heterocycles. The van der Waals surface area contributed by atoms with Crippen molar-refractivity contribution in [1.82, 2.24) is 4.98 Å². The summed E-state index contributed by atoms with van der Waals surface area (Å²) in [7, 11) is 0. The van der Waals surface area contributed by atoms with E-state index in [9.17, 15) is 18.3 Å². The molecule has 10 heteroatoms. The third-order valence-corrected chi connectivity index (χ3v) is 5.11. The van der Waals surface area contributed by atoms with Crippen molar-refractivity contribution in [2.24, 2.45) is 5.10 Å². The Labute approximate surface area is 158 Å². The van der Waals surface area contributed by atoms with Crippen molar-refractivity contribution in [3.63, 3.8) is 0 Å². The number of benzene rings is 1. The molecule has 0 amide bonds. The predicted octanol–water partition coefficient (Wildman–Crippen LogP) is 5.18. The van der Waals surface area contributed by atoms with Crippen molar-refractivity contribution in [2.45, 2.75) is 13.1 Å². The van der Waals surface area contributed by atoms with E-state index in [0.717, 1.165) is 12.3 Å². The van der Waals surface area contributed by atoms with Crippen LogP contribution in [-0.4, -0.2) is 22.9 Å². The number of anilines is 1. The van der Waals surface area contributed by atoms with Crippen molar-refractivity contribution in [3.8, 4) is 11.5 Å². The molecular weight excluding hydrogens is 471 g/mol. The highest BCUT2D eigenvalue weighted by Gasteiger charge is 2.30. The van der Waals surface area contributed by atoms with Crippen LogP contribution in [0.25, 0.3) is 0 Å². The maximum absolute atomic E-state index is 12.5. The lowest BCUT2D eigenvalue weighted by molar-refractivity contribution is -0.137. The van der Waals surface area contributed by atoms with Gasteiger partial charge in [-0.25, -0.2) is 4.98 Å². The molecule has 0 saturated carbocycles. The van der Waals surface area contributed by atoms with Gasteiger partial charge in [0, 0.05) is 16.2 Å². The van der Waals surface area contributed by atoms with Gasteiger partial charge in [0.25, 0.3) is 0 Å². The van der Waals surface area contributed by atoms with Gasteiger partial charge in [-0.05, 0) is 57.0 Å². The molecule has 0 aliphatic carbocycles. The molecule has 0 aliphatic rings. The van der Waals surface area contributed by atoms with Gasteiger partial charge in [-0.2, -0.15) is 18.3 Å². The minimum absolute atomic E-state index is 0.0526. The third kappa shape index (κ3) is 4.85. The molecule has 0 radical (unpaired) electrons. The standard InChI is InChI=1S/C15H12Br2F3N3O2/c1-2-25-10-5-8(12(16)13(17)14(10)24)6-22-23-11-4-3-9(7-21-11)15(18,19)20/h3-7,24H,2H2,1H3,(H,21,23)/b22-6-. The van der Waals surface area contributed by atoms with Crippen LogP contribution in [0.1, 0.15) is 18.1 Å². The van der Waals surface area contributed by atoms with Gasteiger partial charge in [0.05, 0.1) is 22.9 Å². The number of halogens is 5. The van der Waals surface area contributed by atoms with E-state index >= 15 is 0 Å². The fraction of sp³-hybridized carbons (Fsp3) is 0.200. The number of aromatic hydroxyl groups is 1. The Bertz CT molecular complexity index is 781. The monoisotopic (exact) mass is 481 g/mol. The average Bonchev–Trinajstić information content (AvgIpc) is 2.56. The molecule has 25 heavy (non-hydrogen) atoms. The first kappa shape index (κ1) is 19.5. The van der Waals surface area contributed by atoms with E-state index < -0.39 is 11.7 Å². The predicted molar refractivity (Wildman–Crippen MR) is 95.1 cm³/mol. The highest BCUT2D eigenvalue weighted by molar-refractivity contribution is 9.13. The van der Waals surface area contributed by atoms with E-state index in [0.29, 0.717) is 21.1 Å². The lowest BCUT2D eigenvalue weighted by atomic mass is 10.2. The lowest BCUT2D eigenvalue weighted by Gasteiger charge is -2.11. The Morgan fingerprint density at radius 3 is 2.60 bits per heavy atom. The first-order chi connectivity index (χ1) is 11.7. The van der Waals surface area contributed by atoms with Crippen molar-refractivity contribution in [3.05, 3.63) is 44.5 Å². The molecule has 0 atom stereocenters. The number of pyridine rings is 1. The summed E-state index contributed by atoms with van der Waals surface area (Å²) in [4.78, 5) is 3.65. The second kappa shape index (κ2) is 8.05. The van der Waals surface area contributed by atoms with Gasteiger partial charge in [0.2, 0.25) is 0 Å². The van der Waals surface area contributed by atoms with Gasteiger partial charge >= 0.3 is 6.18 Å². The van der Waals surface area contributed by atoms with Crippen LogP contribution >= 0.6 is 31.9 Å². The van der Waals surface area contributed by atoms with Crippen molar-refractivity contribution < 1.29 is 23.0 Å². The molecule has 1 aromatic heterocycles. The first-order valence-corrected chi connectivity index (χ1v) is 8.48. The molecule has 5 nitrogen and oxygen atoms in total. The minimum atomic E-state index is -4.44. The van der Waals surface area contributed by atoms with Crippen LogP contribution in [0.2, 0.25) is 0 Å². The van der Waals surface area contributed by atoms with Gasteiger partial charge in [-0.1, -0.05) is 0 Å². The highest BCUT2D eigenvalue weighted by Crippen LogP contribution is 2.41. The number of phenols is 1. The zero-order valence-corrected chi connectivity index (χ0v) is 15.9. The number of nitrogens with zero attached hydrogens (tertiary/aromatic N) is 2. The fourth-order valence-electron chi connectivity index (χ4n) is 1.77. The van der Waals surface area contributed by atoms with E-state index in [1.165, 1.54) is 12.3 Å². The van der Waals surface area contributed by atoms with Crippen molar-refractivity contribution in [2.75, 3.05) is 12.0 Å². The average molecular weight is 483 g/mol. The lowest BCUT2D eigenvalue weighted by Crippen LogP contribution is -2.05.